The molecule has 0 radical (unpaired) electrons. The number of nitrogens with zero attached hydrogens (tertiary/aromatic N) is 3. The summed E-state index contributed by atoms with van der Waals surface area (Å²) in [6.45, 7) is 2.79. The lowest BCUT2D eigenvalue weighted by Crippen LogP contribution is -2.40. The number of benzene rings is 2. The van der Waals surface area contributed by atoms with Crippen LogP contribution in [-0.2, 0) is 17.9 Å². The highest BCUT2D eigenvalue weighted by molar-refractivity contribution is 5.78. The molecular weight excluding hydrogens is 380 g/mol. The zero-order chi connectivity index (χ0) is 20.8. The number of methoxy groups -OCH3 is 1. The zero-order valence-electron chi connectivity index (χ0n) is 17.1. The van der Waals surface area contributed by atoms with E-state index in [2.05, 4.69) is 20.4 Å². The Balaban J connectivity index is 1.24. The third kappa shape index (κ3) is 5.04. The van der Waals surface area contributed by atoms with Crippen molar-refractivity contribution < 1.29 is 14.1 Å². The molecule has 0 spiro atoms. The number of likely N-dealkylation sites (tertiary alicyclic amines) is 1. The molecule has 0 bridgehead atoms. The van der Waals surface area contributed by atoms with Crippen LogP contribution in [0.1, 0.15) is 24.3 Å². The minimum atomic E-state index is 0.0365. The average Bonchev–Trinajstić information content (AvgIpc) is 3.27. The second-order valence-electron chi connectivity index (χ2n) is 7.50. The van der Waals surface area contributed by atoms with Crippen LogP contribution >= 0.6 is 0 Å². The predicted octanol–water partition coefficient (Wildman–Crippen LogP) is 3.27. The van der Waals surface area contributed by atoms with E-state index in [0.29, 0.717) is 24.8 Å². The smallest absolute Gasteiger partial charge is 0.241 e. The van der Waals surface area contributed by atoms with Crippen LogP contribution in [0, 0.1) is 5.92 Å². The van der Waals surface area contributed by atoms with E-state index in [4.69, 9.17) is 9.26 Å². The van der Waals surface area contributed by atoms with Crippen molar-refractivity contribution in [3.05, 3.63) is 66.1 Å². The van der Waals surface area contributed by atoms with Gasteiger partial charge in [-0.15, -0.1) is 0 Å². The molecule has 4 rings (SSSR count). The van der Waals surface area contributed by atoms with Crippen LogP contribution in [0.15, 0.2) is 59.1 Å². The molecule has 1 saturated heterocycles. The number of aromatic nitrogens is 2. The Kier molecular flexibility index (Phi) is 6.39. The van der Waals surface area contributed by atoms with E-state index in [1.54, 1.807) is 7.11 Å². The quantitative estimate of drug-likeness (QED) is 0.649. The van der Waals surface area contributed by atoms with Crippen molar-refractivity contribution >= 4 is 5.91 Å². The Morgan fingerprint density at radius 1 is 1.17 bits per heavy atom. The van der Waals surface area contributed by atoms with Crippen molar-refractivity contribution in [2.24, 2.45) is 5.92 Å². The summed E-state index contributed by atoms with van der Waals surface area (Å²) in [4.78, 5) is 19.3. The van der Waals surface area contributed by atoms with E-state index in [0.717, 1.165) is 42.8 Å². The van der Waals surface area contributed by atoms with Gasteiger partial charge in [0, 0.05) is 18.0 Å². The summed E-state index contributed by atoms with van der Waals surface area (Å²) in [5.41, 5.74) is 1.98. The number of amides is 1. The van der Waals surface area contributed by atoms with Gasteiger partial charge in [0.1, 0.15) is 5.75 Å². The Morgan fingerprint density at radius 2 is 1.97 bits per heavy atom. The summed E-state index contributed by atoms with van der Waals surface area (Å²) in [7, 11) is 1.64. The maximum atomic E-state index is 12.5. The summed E-state index contributed by atoms with van der Waals surface area (Å²) in [6.07, 6.45) is 1.65. The molecule has 30 heavy (non-hydrogen) atoms. The van der Waals surface area contributed by atoms with Gasteiger partial charge in [-0.2, -0.15) is 4.98 Å². The minimum absolute atomic E-state index is 0.0365. The molecule has 1 fully saturated rings. The van der Waals surface area contributed by atoms with Gasteiger partial charge in [-0.05, 0) is 43.6 Å². The summed E-state index contributed by atoms with van der Waals surface area (Å²) < 4.78 is 10.6. The van der Waals surface area contributed by atoms with Gasteiger partial charge in [0.05, 0.1) is 13.7 Å². The first-order chi connectivity index (χ1) is 14.7. The van der Waals surface area contributed by atoms with Crippen molar-refractivity contribution in [3.63, 3.8) is 0 Å². The first-order valence-electron chi connectivity index (χ1n) is 10.2. The molecule has 1 amide bonds. The number of carbonyl (C=O) groups excluding carboxylic acids is 1. The highest BCUT2D eigenvalue weighted by Gasteiger charge is 2.25. The topological polar surface area (TPSA) is 80.5 Å². The van der Waals surface area contributed by atoms with E-state index >= 15 is 0 Å². The second-order valence-corrected chi connectivity index (χ2v) is 7.50. The van der Waals surface area contributed by atoms with Crippen LogP contribution in [0.5, 0.6) is 5.75 Å². The van der Waals surface area contributed by atoms with Gasteiger partial charge in [0.2, 0.25) is 17.6 Å². The van der Waals surface area contributed by atoms with Gasteiger partial charge < -0.3 is 14.6 Å². The van der Waals surface area contributed by atoms with Crippen LogP contribution in [0.3, 0.4) is 0 Å². The van der Waals surface area contributed by atoms with Gasteiger partial charge in [-0.1, -0.05) is 47.6 Å². The number of rotatable bonds is 7. The molecule has 0 atom stereocenters. The van der Waals surface area contributed by atoms with Gasteiger partial charge in [0.15, 0.2) is 0 Å². The average molecular weight is 406 g/mol. The zero-order valence-corrected chi connectivity index (χ0v) is 17.1. The van der Waals surface area contributed by atoms with E-state index < -0.39 is 0 Å². The van der Waals surface area contributed by atoms with Gasteiger partial charge in [-0.25, -0.2) is 0 Å². The Morgan fingerprint density at radius 3 is 2.73 bits per heavy atom. The van der Waals surface area contributed by atoms with Crippen molar-refractivity contribution in [3.8, 4) is 17.1 Å². The number of piperidine rings is 1. The fraction of sp³-hybridized carbons (Fsp3) is 0.348. The highest BCUT2D eigenvalue weighted by Crippen LogP contribution is 2.21. The highest BCUT2D eigenvalue weighted by atomic mass is 16.5. The molecular formula is C23H26N4O3. The minimum Gasteiger partial charge on any atom is -0.497 e. The van der Waals surface area contributed by atoms with Crippen LogP contribution in [0.4, 0.5) is 0 Å². The van der Waals surface area contributed by atoms with Crippen LogP contribution in [0.2, 0.25) is 0 Å². The normalized spacial score (nSPS) is 15.1. The SMILES string of the molecule is COc1cccc(CNC(=O)C2CCN(Cc3nc(-c4ccccc4)no3)CC2)c1. The maximum Gasteiger partial charge on any atom is 0.241 e. The van der Waals surface area contributed by atoms with Crippen LogP contribution in [-0.4, -0.2) is 41.1 Å². The molecule has 0 aliphatic carbocycles. The first-order valence-corrected chi connectivity index (χ1v) is 10.2. The van der Waals surface area contributed by atoms with Crippen molar-refractivity contribution in [1.82, 2.24) is 20.4 Å². The molecule has 156 valence electrons. The fourth-order valence-electron chi connectivity index (χ4n) is 3.68. The summed E-state index contributed by atoms with van der Waals surface area (Å²) >= 11 is 0. The molecule has 2 aromatic carbocycles. The third-order valence-corrected chi connectivity index (χ3v) is 5.42. The molecule has 1 aliphatic heterocycles. The Bertz CT molecular complexity index is 965. The molecule has 1 N–H and O–H groups in total. The van der Waals surface area contributed by atoms with E-state index in [-0.39, 0.29) is 11.8 Å². The first kappa shape index (κ1) is 20.1. The number of nitrogens with one attached hydrogen (secondary N) is 1. The number of ether oxygens (including phenoxy) is 1. The molecule has 7 heteroatoms. The number of hydrogen-bond acceptors (Lipinski definition) is 6. The molecule has 0 unspecified atom stereocenters. The largest absolute Gasteiger partial charge is 0.497 e. The lowest BCUT2D eigenvalue weighted by atomic mass is 9.96. The van der Waals surface area contributed by atoms with E-state index in [1.807, 2.05) is 54.6 Å². The third-order valence-electron chi connectivity index (χ3n) is 5.42. The molecule has 0 saturated carbocycles. The molecule has 2 heterocycles. The number of carbonyl (C=O) groups is 1. The fourth-order valence-corrected chi connectivity index (χ4v) is 3.68. The van der Waals surface area contributed by atoms with Crippen LogP contribution < -0.4 is 10.1 Å². The molecule has 3 aromatic rings. The van der Waals surface area contributed by atoms with E-state index in [1.165, 1.54) is 0 Å². The molecule has 1 aliphatic rings. The maximum absolute atomic E-state index is 12.5. The van der Waals surface area contributed by atoms with Crippen molar-refractivity contribution in [2.45, 2.75) is 25.9 Å². The van der Waals surface area contributed by atoms with Crippen LogP contribution in [0.25, 0.3) is 11.4 Å². The predicted molar refractivity (Wildman–Crippen MR) is 113 cm³/mol. The lowest BCUT2D eigenvalue weighted by Gasteiger charge is -2.30. The van der Waals surface area contributed by atoms with Gasteiger partial charge >= 0.3 is 0 Å². The van der Waals surface area contributed by atoms with E-state index in [9.17, 15) is 4.79 Å². The standard InChI is InChI=1S/C23H26N4O3/c1-29-20-9-5-6-17(14-20)15-24-23(28)19-10-12-27(13-11-19)16-21-25-22(26-30-21)18-7-3-2-4-8-18/h2-9,14,19H,10-13,15-16H2,1H3,(H,24,28). The van der Waals surface area contributed by atoms with Crippen molar-refractivity contribution in [1.29, 1.82) is 0 Å². The Hall–Kier alpha value is -3.19. The second kappa shape index (κ2) is 9.54. The number of hydrogen-bond donors (Lipinski definition) is 1. The summed E-state index contributed by atoms with van der Waals surface area (Å²) in [6, 6.07) is 17.5. The Labute approximate surface area is 176 Å². The molecule has 7 nitrogen and oxygen atoms in total. The summed E-state index contributed by atoms with van der Waals surface area (Å²) in [5, 5.41) is 7.13. The summed E-state index contributed by atoms with van der Waals surface area (Å²) in [5.74, 6) is 2.16. The van der Waals surface area contributed by atoms with Crippen molar-refractivity contribution in [2.75, 3.05) is 20.2 Å². The van der Waals surface area contributed by atoms with Gasteiger partial charge in [0.25, 0.3) is 0 Å². The molecule has 1 aromatic heterocycles. The van der Waals surface area contributed by atoms with Gasteiger partial charge in [-0.3, -0.25) is 9.69 Å². The monoisotopic (exact) mass is 406 g/mol. The lowest BCUT2D eigenvalue weighted by molar-refractivity contribution is -0.126.